The molecular formula is C22H40NO2+. The Morgan fingerprint density at radius 1 is 0.920 bits per heavy atom. The first-order valence-electron chi connectivity index (χ1n) is 11.0. The van der Waals surface area contributed by atoms with Crippen molar-refractivity contribution < 1.29 is 15.1 Å². The average Bonchev–Trinajstić information content (AvgIpc) is 2.93. The van der Waals surface area contributed by atoms with E-state index in [0.717, 1.165) is 49.1 Å². The number of aliphatic hydroxyl groups is 2. The summed E-state index contributed by atoms with van der Waals surface area (Å²) < 4.78 is 0. The van der Waals surface area contributed by atoms with Gasteiger partial charge in [0.2, 0.25) is 0 Å². The van der Waals surface area contributed by atoms with Crippen LogP contribution >= 0.6 is 0 Å². The summed E-state index contributed by atoms with van der Waals surface area (Å²) in [4.78, 5) is 1.56. The predicted molar refractivity (Wildman–Crippen MR) is 100 cm³/mol. The molecule has 0 radical (unpaired) electrons. The fourth-order valence-corrected chi connectivity index (χ4v) is 8.40. The maximum absolute atomic E-state index is 10.2. The molecule has 4 rings (SSSR count). The molecule has 4 aliphatic carbocycles. The Labute approximate surface area is 154 Å². The smallest absolute Gasteiger partial charge is 0.101 e. The zero-order chi connectivity index (χ0) is 17.8. The predicted octanol–water partition coefficient (Wildman–Crippen LogP) is 2.27. The van der Waals surface area contributed by atoms with E-state index in [4.69, 9.17) is 0 Å². The summed E-state index contributed by atoms with van der Waals surface area (Å²) in [5.41, 5.74) is 0.975. The third-order valence-electron chi connectivity index (χ3n) is 9.74. The zero-order valence-corrected chi connectivity index (χ0v) is 16.6. The van der Waals surface area contributed by atoms with Crippen molar-refractivity contribution >= 4 is 0 Å². The summed E-state index contributed by atoms with van der Waals surface area (Å²) in [7, 11) is 2.31. The molecule has 0 aromatic heterocycles. The Hall–Kier alpha value is -0.120. The molecule has 4 saturated carbocycles. The molecule has 3 N–H and O–H groups in total. The van der Waals surface area contributed by atoms with E-state index in [2.05, 4.69) is 20.9 Å². The lowest BCUT2D eigenvalue weighted by atomic mass is 9.45. The van der Waals surface area contributed by atoms with Crippen LogP contribution < -0.4 is 4.90 Å². The highest BCUT2D eigenvalue weighted by Crippen LogP contribution is 2.65. The van der Waals surface area contributed by atoms with Crippen LogP contribution in [0.4, 0.5) is 0 Å². The van der Waals surface area contributed by atoms with Crippen molar-refractivity contribution in [2.45, 2.75) is 83.8 Å². The average molecular weight is 351 g/mol. The van der Waals surface area contributed by atoms with Crippen molar-refractivity contribution in [2.24, 2.45) is 34.5 Å². The fourth-order valence-electron chi connectivity index (χ4n) is 8.40. The molecule has 3 nitrogen and oxygen atoms in total. The Kier molecular flexibility index (Phi) is 4.74. The Morgan fingerprint density at radius 3 is 2.40 bits per heavy atom. The first kappa shape index (κ1) is 18.3. The van der Waals surface area contributed by atoms with E-state index < -0.39 is 0 Å². The van der Waals surface area contributed by atoms with Gasteiger partial charge in [0.1, 0.15) is 6.54 Å². The minimum Gasteiger partial charge on any atom is -0.393 e. The van der Waals surface area contributed by atoms with Gasteiger partial charge < -0.3 is 15.1 Å². The van der Waals surface area contributed by atoms with Gasteiger partial charge in [-0.25, -0.2) is 0 Å². The van der Waals surface area contributed by atoms with Gasteiger partial charge in [-0.2, -0.15) is 0 Å². The number of hydrogen-bond donors (Lipinski definition) is 3. The number of nitrogens with one attached hydrogen (secondary N) is 1. The van der Waals surface area contributed by atoms with Gasteiger partial charge in [0, 0.05) is 11.8 Å². The van der Waals surface area contributed by atoms with E-state index in [1.54, 1.807) is 4.90 Å². The molecule has 0 heterocycles. The summed E-state index contributed by atoms with van der Waals surface area (Å²) >= 11 is 0. The van der Waals surface area contributed by atoms with Gasteiger partial charge in [-0.05, 0) is 80.5 Å². The maximum Gasteiger partial charge on any atom is 0.101 e. The second-order valence-electron chi connectivity index (χ2n) is 10.6. The highest BCUT2D eigenvalue weighted by Gasteiger charge is 2.61. The van der Waals surface area contributed by atoms with Crippen molar-refractivity contribution in [3.05, 3.63) is 0 Å². The van der Waals surface area contributed by atoms with Crippen molar-refractivity contribution in [3.63, 3.8) is 0 Å². The molecule has 9 atom stereocenters. The monoisotopic (exact) mass is 350 g/mol. The molecule has 1 unspecified atom stereocenters. The van der Waals surface area contributed by atoms with Gasteiger partial charge in [0.25, 0.3) is 0 Å². The van der Waals surface area contributed by atoms with Crippen LogP contribution in [0.1, 0.15) is 71.6 Å². The van der Waals surface area contributed by atoms with Gasteiger partial charge in [0.15, 0.2) is 0 Å². The third kappa shape index (κ3) is 2.72. The molecular weight excluding hydrogens is 310 g/mol. The SMILES string of the molecule is C[NH+](CCO)[C@H]1CC[C@@H]2[C@H]3CC[C@@H]4C[C@H](O)CC[C@@]4(C)[C@@H]3CC[C@@]21C. The van der Waals surface area contributed by atoms with E-state index in [9.17, 15) is 10.2 Å². The quantitative estimate of drug-likeness (QED) is 0.731. The number of fused-ring (bicyclic) bond motifs is 5. The van der Waals surface area contributed by atoms with Gasteiger partial charge in [0.05, 0.1) is 25.8 Å². The number of quaternary nitrogens is 1. The molecule has 0 aromatic carbocycles. The first-order valence-corrected chi connectivity index (χ1v) is 11.0. The van der Waals surface area contributed by atoms with Gasteiger partial charge in [-0.15, -0.1) is 0 Å². The Morgan fingerprint density at radius 2 is 1.64 bits per heavy atom. The van der Waals surface area contributed by atoms with Crippen molar-refractivity contribution in [3.8, 4) is 0 Å². The molecule has 3 heteroatoms. The third-order valence-corrected chi connectivity index (χ3v) is 9.74. The normalized spacial score (nSPS) is 53.6. The molecule has 0 aliphatic heterocycles. The number of hydrogen-bond acceptors (Lipinski definition) is 2. The van der Waals surface area contributed by atoms with E-state index in [-0.39, 0.29) is 6.10 Å². The summed E-state index contributed by atoms with van der Waals surface area (Å²) in [5.74, 6) is 3.48. The summed E-state index contributed by atoms with van der Waals surface area (Å²) in [6.07, 6.45) is 11.6. The molecule has 4 aliphatic rings. The van der Waals surface area contributed by atoms with Gasteiger partial charge >= 0.3 is 0 Å². The Bertz CT molecular complexity index is 496. The lowest BCUT2D eigenvalue weighted by Crippen LogP contribution is -3.14. The van der Waals surface area contributed by atoms with Crippen LogP contribution in [0, 0.1) is 34.5 Å². The largest absolute Gasteiger partial charge is 0.393 e. The molecule has 4 fully saturated rings. The maximum atomic E-state index is 10.2. The Balaban J connectivity index is 1.56. The summed E-state index contributed by atoms with van der Waals surface area (Å²) in [6.45, 7) is 6.39. The van der Waals surface area contributed by atoms with E-state index in [1.807, 2.05) is 0 Å². The highest BCUT2D eigenvalue weighted by atomic mass is 16.3. The summed E-state index contributed by atoms with van der Waals surface area (Å²) in [5, 5.41) is 19.6. The fraction of sp³-hybridized carbons (Fsp3) is 1.00. The van der Waals surface area contributed by atoms with Crippen LogP contribution in [-0.4, -0.2) is 42.6 Å². The topological polar surface area (TPSA) is 44.9 Å². The van der Waals surface area contributed by atoms with E-state index in [0.29, 0.717) is 17.4 Å². The standard InChI is InChI=1S/C22H39NO2/c1-21-10-8-16(25)14-15(21)4-5-17-18-6-7-20(23(3)12-13-24)22(18,2)11-9-19(17)21/h15-20,24-25H,4-14H2,1-3H3/p+1/t15-,16-,17-,18-,19-,20+,21-,22+/m1/s1. The molecule has 0 aromatic rings. The molecule has 0 bridgehead atoms. The lowest BCUT2D eigenvalue weighted by Gasteiger charge is -2.60. The van der Waals surface area contributed by atoms with E-state index in [1.165, 1.54) is 44.9 Å². The molecule has 0 saturated heterocycles. The van der Waals surface area contributed by atoms with Crippen LogP contribution in [0.25, 0.3) is 0 Å². The van der Waals surface area contributed by atoms with Gasteiger partial charge in [-0.3, -0.25) is 0 Å². The van der Waals surface area contributed by atoms with Crippen LogP contribution in [-0.2, 0) is 0 Å². The number of aliphatic hydroxyl groups excluding tert-OH is 2. The number of likely N-dealkylation sites (N-methyl/N-ethyl adjacent to an activating group) is 1. The minimum absolute atomic E-state index is 0.0323. The molecule has 0 spiro atoms. The first-order chi connectivity index (χ1) is 11.9. The van der Waals surface area contributed by atoms with Crippen molar-refractivity contribution in [2.75, 3.05) is 20.2 Å². The minimum atomic E-state index is -0.0323. The summed E-state index contributed by atoms with van der Waals surface area (Å²) in [6, 6.07) is 0.740. The van der Waals surface area contributed by atoms with Crippen LogP contribution in [0.2, 0.25) is 0 Å². The molecule has 25 heavy (non-hydrogen) atoms. The molecule has 0 amide bonds. The zero-order valence-electron chi connectivity index (χ0n) is 16.6. The van der Waals surface area contributed by atoms with Gasteiger partial charge in [-0.1, -0.05) is 13.8 Å². The van der Waals surface area contributed by atoms with Crippen LogP contribution in [0.3, 0.4) is 0 Å². The van der Waals surface area contributed by atoms with Crippen LogP contribution in [0.5, 0.6) is 0 Å². The second kappa shape index (κ2) is 6.49. The van der Waals surface area contributed by atoms with Crippen molar-refractivity contribution in [1.82, 2.24) is 0 Å². The highest BCUT2D eigenvalue weighted by molar-refractivity contribution is 5.09. The van der Waals surface area contributed by atoms with Crippen LogP contribution in [0.15, 0.2) is 0 Å². The second-order valence-corrected chi connectivity index (χ2v) is 10.6. The number of rotatable bonds is 3. The molecule has 144 valence electrons. The lowest BCUT2D eigenvalue weighted by molar-refractivity contribution is -0.913. The van der Waals surface area contributed by atoms with E-state index >= 15 is 0 Å². The van der Waals surface area contributed by atoms with Crippen molar-refractivity contribution in [1.29, 1.82) is 0 Å².